The normalized spacial score (nSPS) is 18.3. The Morgan fingerprint density at radius 1 is 1.45 bits per heavy atom. The summed E-state index contributed by atoms with van der Waals surface area (Å²) >= 11 is 0. The average molecular weight is 265 g/mol. The number of aliphatic imine (C=N–C) groups is 1. The van der Waals surface area contributed by atoms with Gasteiger partial charge in [0.25, 0.3) is 0 Å². The van der Waals surface area contributed by atoms with Crippen molar-refractivity contribution in [3.05, 3.63) is 57.3 Å². The molecule has 5 nitrogen and oxygen atoms in total. The maximum Gasteiger partial charge on any atom is 0.314 e. The molecule has 4 rings (SSSR count). The van der Waals surface area contributed by atoms with Crippen LogP contribution in [0.5, 0.6) is 0 Å². The van der Waals surface area contributed by atoms with Gasteiger partial charge in [0, 0.05) is 11.4 Å². The second kappa shape index (κ2) is 3.84. The van der Waals surface area contributed by atoms with Gasteiger partial charge in [-0.3, -0.25) is 4.79 Å². The van der Waals surface area contributed by atoms with E-state index < -0.39 is 11.9 Å². The van der Waals surface area contributed by atoms with Crippen LogP contribution < -0.4 is 10.7 Å². The van der Waals surface area contributed by atoms with Crippen LogP contribution in [0.3, 0.4) is 0 Å². The van der Waals surface area contributed by atoms with E-state index in [1.54, 1.807) is 24.7 Å². The van der Waals surface area contributed by atoms with Crippen LogP contribution in [-0.4, -0.2) is 27.0 Å². The van der Waals surface area contributed by atoms with Crippen LogP contribution in [0, 0.1) is 10.6 Å². The highest BCUT2D eigenvalue weighted by atomic mass is 16.4. The number of nitrogens with one attached hydrogen (secondary N) is 1. The average Bonchev–Trinajstić information content (AvgIpc) is 3.00. The predicted octanol–water partition coefficient (Wildman–Crippen LogP) is 0.250. The van der Waals surface area contributed by atoms with Crippen molar-refractivity contribution in [2.45, 2.75) is 5.92 Å². The summed E-state index contributed by atoms with van der Waals surface area (Å²) in [6, 6.07) is 3.91. The van der Waals surface area contributed by atoms with Gasteiger partial charge in [-0.05, 0) is 23.8 Å². The molecule has 0 radical (unpaired) electrons. The molecule has 0 saturated carbocycles. The van der Waals surface area contributed by atoms with Gasteiger partial charge in [-0.15, -0.1) is 0 Å². The number of hydrogen-bond donors (Lipinski definition) is 2. The monoisotopic (exact) mass is 265 g/mol. The Hall–Kier alpha value is -2.82. The lowest BCUT2D eigenvalue weighted by atomic mass is 9.97. The fourth-order valence-electron chi connectivity index (χ4n) is 2.78. The van der Waals surface area contributed by atoms with Gasteiger partial charge in [0.05, 0.1) is 28.6 Å². The number of aromatic nitrogens is 2. The number of carboxylic acids is 1. The quantitative estimate of drug-likeness (QED) is 0.776. The van der Waals surface area contributed by atoms with Crippen molar-refractivity contribution in [2.24, 2.45) is 4.99 Å². The molecule has 2 aliphatic rings. The number of nitrogens with zero attached hydrogens (tertiary/aromatic N) is 2. The lowest BCUT2D eigenvalue weighted by molar-refractivity contribution is -0.137. The van der Waals surface area contributed by atoms with Gasteiger partial charge in [-0.2, -0.15) is 0 Å². The zero-order valence-electron chi connectivity index (χ0n) is 10.4. The molecule has 5 heteroatoms. The fraction of sp³-hybridized carbons (Fsp3) is 0.0667. The van der Waals surface area contributed by atoms with E-state index in [0.29, 0.717) is 0 Å². The number of allylic oxidation sites excluding steroid dienone is 1. The molecular formula is C15H11N3O2. The van der Waals surface area contributed by atoms with Crippen molar-refractivity contribution < 1.29 is 9.90 Å². The van der Waals surface area contributed by atoms with Crippen LogP contribution in [0.25, 0.3) is 12.3 Å². The minimum absolute atomic E-state index is 0.603. The topological polar surface area (TPSA) is 70.4 Å². The minimum atomic E-state index is -0.839. The van der Waals surface area contributed by atoms with Crippen LogP contribution in [-0.2, 0) is 4.79 Å². The molecule has 0 saturated heterocycles. The molecule has 0 spiro atoms. The molecule has 1 atom stereocenters. The van der Waals surface area contributed by atoms with Crippen LogP contribution in [0.2, 0.25) is 0 Å². The smallest absolute Gasteiger partial charge is 0.314 e. The van der Waals surface area contributed by atoms with Gasteiger partial charge >= 0.3 is 5.97 Å². The number of carboxylic acid groups (broad SMARTS) is 1. The summed E-state index contributed by atoms with van der Waals surface area (Å²) in [7, 11) is 0. The maximum atomic E-state index is 11.4. The van der Waals surface area contributed by atoms with Crippen molar-refractivity contribution >= 4 is 24.6 Å². The standard InChI is InChI=1S/C15H11N3O2/c19-15(20)9-2-1-3-13-11(9)6-14-10-4-5-17-12(10)7-16-8-18(13)14/h1-9,17H,(H,19,20). The van der Waals surface area contributed by atoms with Gasteiger partial charge < -0.3 is 14.7 Å². The Morgan fingerprint density at radius 3 is 3.20 bits per heavy atom. The van der Waals surface area contributed by atoms with Gasteiger partial charge in [0.15, 0.2) is 0 Å². The van der Waals surface area contributed by atoms with Gasteiger partial charge in [0.2, 0.25) is 0 Å². The van der Waals surface area contributed by atoms with Gasteiger partial charge in [-0.1, -0.05) is 12.2 Å². The minimum Gasteiger partial charge on any atom is -0.481 e. The van der Waals surface area contributed by atoms with Crippen LogP contribution >= 0.6 is 0 Å². The molecule has 0 aromatic carbocycles. The molecule has 98 valence electrons. The largest absolute Gasteiger partial charge is 0.481 e. The molecule has 0 amide bonds. The Morgan fingerprint density at radius 2 is 2.35 bits per heavy atom. The van der Waals surface area contributed by atoms with Crippen molar-refractivity contribution in [1.29, 1.82) is 0 Å². The van der Waals surface area contributed by atoms with Crippen LogP contribution in [0.15, 0.2) is 35.5 Å². The fourth-order valence-corrected chi connectivity index (χ4v) is 2.78. The first-order chi connectivity index (χ1) is 9.75. The van der Waals surface area contributed by atoms with E-state index in [4.69, 9.17) is 0 Å². The summed E-state index contributed by atoms with van der Waals surface area (Å²) < 4.78 is 1.94. The van der Waals surface area contributed by atoms with Gasteiger partial charge in [-0.25, -0.2) is 4.99 Å². The van der Waals surface area contributed by atoms with Crippen LogP contribution in [0.1, 0.15) is 11.5 Å². The van der Waals surface area contributed by atoms with Crippen molar-refractivity contribution in [2.75, 3.05) is 0 Å². The number of fused-ring (bicyclic) bond motifs is 4. The first kappa shape index (κ1) is 11.0. The van der Waals surface area contributed by atoms with E-state index in [2.05, 4.69) is 9.98 Å². The Kier molecular flexibility index (Phi) is 2.12. The summed E-state index contributed by atoms with van der Waals surface area (Å²) in [5, 5.41) is 13.1. The summed E-state index contributed by atoms with van der Waals surface area (Å²) in [5.74, 6) is -1.44. The Balaban J connectivity index is 2.22. The second-order valence-corrected chi connectivity index (χ2v) is 4.81. The highest BCUT2D eigenvalue weighted by Gasteiger charge is 2.22. The number of H-pyrrole nitrogens is 1. The summed E-state index contributed by atoms with van der Waals surface area (Å²) in [5.41, 5.74) is 0.801. The number of aliphatic carboxylic acids is 1. The molecule has 1 aliphatic carbocycles. The van der Waals surface area contributed by atoms with Crippen LogP contribution in [0.4, 0.5) is 0 Å². The molecule has 2 aromatic heterocycles. The Bertz CT molecular complexity index is 989. The number of carbonyl (C=O) groups is 1. The van der Waals surface area contributed by atoms with E-state index in [0.717, 1.165) is 26.8 Å². The molecular weight excluding hydrogens is 254 g/mol. The molecule has 2 N–H and O–H groups in total. The third kappa shape index (κ3) is 1.37. The van der Waals surface area contributed by atoms with E-state index in [1.165, 1.54) is 0 Å². The first-order valence-corrected chi connectivity index (χ1v) is 6.29. The molecule has 1 unspecified atom stereocenters. The van der Waals surface area contributed by atoms with E-state index in [-0.39, 0.29) is 0 Å². The van der Waals surface area contributed by atoms with E-state index in [9.17, 15) is 9.90 Å². The lowest BCUT2D eigenvalue weighted by Gasteiger charge is -2.08. The lowest BCUT2D eigenvalue weighted by Crippen LogP contribution is -2.25. The Labute approximate surface area is 113 Å². The highest BCUT2D eigenvalue weighted by Crippen LogP contribution is 2.18. The van der Waals surface area contributed by atoms with Crippen molar-refractivity contribution in [3.63, 3.8) is 0 Å². The molecule has 1 aliphatic heterocycles. The molecule has 0 fully saturated rings. The van der Waals surface area contributed by atoms with Crippen molar-refractivity contribution in [1.82, 2.24) is 9.55 Å². The first-order valence-electron chi connectivity index (χ1n) is 6.29. The summed E-state index contributed by atoms with van der Waals surface area (Å²) in [6.07, 6.45) is 10.7. The highest BCUT2D eigenvalue weighted by molar-refractivity contribution is 5.81. The number of rotatable bonds is 1. The predicted molar refractivity (Wildman–Crippen MR) is 74.5 cm³/mol. The molecule has 0 bridgehead atoms. The molecule has 2 aromatic rings. The zero-order valence-corrected chi connectivity index (χ0v) is 10.4. The second-order valence-electron chi connectivity index (χ2n) is 4.81. The SMILES string of the molecule is O=C(O)C1C=CC=c2c1cc1n2C=NC=c2[nH]ccc2=1. The summed E-state index contributed by atoms with van der Waals surface area (Å²) in [4.78, 5) is 18.8. The summed E-state index contributed by atoms with van der Waals surface area (Å²) in [6.45, 7) is 0. The number of aromatic amines is 1. The number of hydrogen-bond acceptors (Lipinski definition) is 2. The van der Waals surface area contributed by atoms with Crippen molar-refractivity contribution in [3.8, 4) is 0 Å². The molecule has 3 heterocycles. The van der Waals surface area contributed by atoms with E-state index in [1.807, 2.05) is 29.0 Å². The third-order valence-corrected chi connectivity index (χ3v) is 3.71. The van der Waals surface area contributed by atoms with E-state index >= 15 is 0 Å². The zero-order chi connectivity index (χ0) is 13.7. The third-order valence-electron chi connectivity index (χ3n) is 3.71. The maximum absolute atomic E-state index is 11.4. The molecule has 20 heavy (non-hydrogen) atoms. The van der Waals surface area contributed by atoms with Gasteiger partial charge in [0.1, 0.15) is 5.92 Å².